The van der Waals surface area contributed by atoms with Crippen LogP contribution in [0, 0.1) is 10.1 Å². The number of hydrogen-bond donors (Lipinski definition) is 1. The molecule has 0 aliphatic carbocycles. The molecule has 1 N–H and O–H groups in total. The summed E-state index contributed by atoms with van der Waals surface area (Å²) in [6.07, 6.45) is 0.718. The number of carbonyl (C=O) groups is 2. The molecule has 1 aromatic rings. The third-order valence-electron chi connectivity index (χ3n) is 2.49. The van der Waals surface area contributed by atoms with Crippen LogP contribution < -0.4 is 5.32 Å². The van der Waals surface area contributed by atoms with Crippen LogP contribution in [0.25, 0.3) is 0 Å². The third kappa shape index (κ3) is 3.13. The van der Waals surface area contributed by atoms with E-state index in [9.17, 15) is 19.7 Å². The third-order valence-corrected chi connectivity index (χ3v) is 2.49. The summed E-state index contributed by atoms with van der Waals surface area (Å²) in [5.74, 6) is -1.44. The second-order valence-electron chi connectivity index (χ2n) is 3.69. The van der Waals surface area contributed by atoms with Crippen LogP contribution in [0.2, 0.25) is 0 Å². The maximum absolute atomic E-state index is 11.4. The van der Waals surface area contributed by atoms with Gasteiger partial charge in [0.25, 0.3) is 11.6 Å². The van der Waals surface area contributed by atoms with Crippen molar-refractivity contribution in [3.8, 4) is 0 Å². The number of nitrogens with one attached hydrogen (secondary N) is 1. The van der Waals surface area contributed by atoms with Gasteiger partial charge >= 0.3 is 0 Å². The van der Waals surface area contributed by atoms with E-state index in [0.717, 1.165) is 5.56 Å². The fraction of sp³-hybridized carbons (Fsp3) is 0.333. The lowest BCUT2D eigenvalue weighted by Gasteiger charge is -2.06. The van der Waals surface area contributed by atoms with Crippen LogP contribution in [0.1, 0.15) is 25.8 Å². The molecule has 0 heterocycles. The fourth-order valence-corrected chi connectivity index (χ4v) is 1.41. The van der Waals surface area contributed by atoms with Crippen LogP contribution in [0.5, 0.6) is 0 Å². The molecular formula is C12H14N2O4. The van der Waals surface area contributed by atoms with Crippen LogP contribution in [-0.2, 0) is 16.0 Å². The minimum Gasteiger partial charge on any atom is -0.314 e. The maximum atomic E-state index is 11.4. The van der Waals surface area contributed by atoms with Crippen molar-refractivity contribution in [2.75, 3.05) is 5.32 Å². The summed E-state index contributed by atoms with van der Waals surface area (Å²) in [6.45, 7) is 3.43. The van der Waals surface area contributed by atoms with Gasteiger partial charge in [-0.1, -0.05) is 19.9 Å². The molecule has 0 saturated heterocycles. The molecule has 0 radical (unpaired) electrons. The van der Waals surface area contributed by atoms with Crippen LogP contribution in [0.15, 0.2) is 18.2 Å². The van der Waals surface area contributed by atoms with Gasteiger partial charge in [-0.05, 0) is 18.1 Å². The van der Waals surface area contributed by atoms with Crippen molar-refractivity contribution in [1.29, 1.82) is 0 Å². The molecule has 6 nitrogen and oxygen atoms in total. The molecule has 0 aliphatic heterocycles. The first-order valence-corrected chi connectivity index (χ1v) is 5.61. The standard InChI is InChI=1S/C12H14N2O4/c1-3-8-5-6-9(10(7-8)14(17)18)13-12(16)11(15)4-2/h5-7H,3-4H2,1-2H3,(H,13,16). The Labute approximate surface area is 104 Å². The predicted molar refractivity (Wildman–Crippen MR) is 66.4 cm³/mol. The number of ketones is 1. The van der Waals surface area contributed by atoms with E-state index in [2.05, 4.69) is 5.32 Å². The van der Waals surface area contributed by atoms with Gasteiger partial charge in [-0.2, -0.15) is 0 Å². The quantitative estimate of drug-likeness (QED) is 0.492. The van der Waals surface area contributed by atoms with E-state index in [1.165, 1.54) is 12.1 Å². The Kier molecular flexibility index (Phi) is 4.53. The molecule has 96 valence electrons. The van der Waals surface area contributed by atoms with Crippen LogP contribution in [0.3, 0.4) is 0 Å². The number of carbonyl (C=O) groups excluding carboxylic acids is 2. The first-order valence-electron chi connectivity index (χ1n) is 5.61. The fourth-order valence-electron chi connectivity index (χ4n) is 1.41. The lowest BCUT2D eigenvalue weighted by Crippen LogP contribution is -2.22. The number of nitro benzene ring substituents is 1. The van der Waals surface area contributed by atoms with Gasteiger partial charge in [0.1, 0.15) is 5.69 Å². The Bertz CT molecular complexity index is 497. The topological polar surface area (TPSA) is 89.3 Å². The van der Waals surface area contributed by atoms with Crippen LogP contribution >= 0.6 is 0 Å². The van der Waals surface area contributed by atoms with Gasteiger partial charge in [-0.25, -0.2) is 0 Å². The molecule has 1 rings (SSSR count). The number of nitrogens with zero attached hydrogens (tertiary/aromatic N) is 1. The average molecular weight is 250 g/mol. The molecule has 0 unspecified atom stereocenters. The minimum absolute atomic E-state index is 0.0454. The van der Waals surface area contributed by atoms with Crippen LogP contribution in [0.4, 0.5) is 11.4 Å². The van der Waals surface area contributed by atoms with Crippen molar-refractivity contribution in [3.05, 3.63) is 33.9 Å². The normalized spacial score (nSPS) is 9.89. The molecule has 1 aromatic carbocycles. The van der Waals surface area contributed by atoms with Gasteiger partial charge in [0.15, 0.2) is 0 Å². The van der Waals surface area contributed by atoms with Crippen molar-refractivity contribution in [2.24, 2.45) is 0 Å². The molecule has 18 heavy (non-hydrogen) atoms. The van der Waals surface area contributed by atoms with Crippen molar-refractivity contribution in [1.82, 2.24) is 0 Å². The monoisotopic (exact) mass is 250 g/mol. The van der Waals surface area contributed by atoms with Gasteiger partial charge in [-0.3, -0.25) is 19.7 Å². The van der Waals surface area contributed by atoms with Gasteiger partial charge in [0.05, 0.1) is 4.92 Å². The highest BCUT2D eigenvalue weighted by Gasteiger charge is 2.19. The number of rotatable bonds is 5. The summed E-state index contributed by atoms with van der Waals surface area (Å²) >= 11 is 0. The number of Topliss-reactive ketones (excluding diaryl/α,β-unsaturated/α-hetero) is 1. The van der Waals surface area contributed by atoms with Gasteiger partial charge in [-0.15, -0.1) is 0 Å². The highest BCUT2D eigenvalue weighted by atomic mass is 16.6. The molecule has 0 atom stereocenters. The molecule has 1 amide bonds. The number of anilines is 1. The van der Waals surface area contributed by atoms with Gasteiger partial charge < -0.3 is 5.32 Å². The number of nitro groups is 1. The largest absolute Gasteiger partial charge is 0.314 e. The summed E-state index contributed by atoms with van der Waals surface area (Å²) in [4.78, 5) is 32.8. The van der Waals surface area contributed by atoms with Crippen molar-refractivity contribution >= 4 is 23.1 Å². The van der Waals surface area contributed by atoms with Crippen molar-refractivity contribution < 1.29 is 14.5 Å². The summed E-state index contributed by atoms with van der Waals surface area (Å²) in [5, 5.41) is 13.1. The highest BCUT2D eigenvalue weighted by Crippen LogP contribution is 2.25. The molecule has 0 saturated carbocycles. The average Bonchev–Trinajstić information content (AvgIpc) is 2.37. The van der Waals surface area contributed by atoms with E-state index in [4.69, 9.17) is 0 Å². The molecule has 0 spiro atoms. The first kappa shape index (κ1) is 13.8. The minimum atomic E-state index is -0.829. The van der Waals surface area contributed by atoms with E-state index >= 15 is 0 Å². The van der Waals surface area contributed by atoms with Crippen LogP contribution in [-0.4, -0.2) is 16.6 Å². The number of benzene rings is 1. The molecule has 0 aromatic heterocycles. The highest BCUT2D eigenvalue weighted by molar-refractivity contribution is 6.40. The second kappa shape index (κ2) is 5.90. The van der Waals surface area contributed by atoms with Crippen molar-refractivity contribution in [2.45, 2.75) is 26.7 Å². The smallest absolute Gasteiger partial charge is 0.293 e. The summed E-state index contributed by atoms with van der Waals surface area (Å²) in [6, 6.07) is 4.52. The molecule has 0 bridgehead atoms. The SMILES string of the molecule is CCC(=O)C(=O)Nc1ccc(CC)cc1[N+](=O)[O-]. The molecule has 0 aliphatic rings. The molecular weight excluding hydrogens is 236 g/mol. The number of amides is 1. The first-order chi connectivity index (χ1) is 8.49. The van der Waals surface area contributed by atoms with Gasteiger partial charge in [0, 0.05) is 12.5 Å². The second-order valence-corrected chi connectivity index (χ2v) is 3.69. The number of hydrogen-bond acceptors (Lipinski definition) is 4. The van der Waals surface area contributed by atoms with Crippen molar-refractivity contribution in [3.63, 3.8) is 0 Å². The Morgan fingerprint density at radius 1 is 1.33 bits per heavy atom. The summed E-state index contributed by atoms with van der Waals surface area (Å²) in [7, 11) is 0. The zero-order valence-corrected chi connectivity index (χ0v) is 10.2. The zero-order valence-electron chi connectivity index (χ0n) is 10.2. The van der Waals surface area contributed by atoms with E-state index in [1.54, 1.807) is 13.0 Å². The molecule has 0 fully saturated rings. The van der Waals surface area contributed by atoms with E-state index in [0.29, 0.717) is 6.42 Å². The van der Waals surface area contributed by atoms with E-state index in [1.807, 2.05) is 6.92 Å². The lowest BCUT2D eigenvalue weighted by molar-refractivity contribution is -0.384. The Hall–Kier alpha value is -2.24. The zero-order chi connectivity index (χ0) is 13.7. The summed E-state index contributed by atoms with van der Waals surface area (Å²) in [5.41, 5.74) is 0.636. The summed E-state index contributed by atoms with van der Waals surface area (Å²) < 4.78 is 0. The van der Waals surface area contributed by atoms with Gasteiger partial charge in [0.2, 0.25) is 5.78 Å². The predicted octanol–water partition coefficient (Wildman–Crippen LogP) is 2.07. The molecule has 6 heteroatoms. The Morgan fingerprint density at radius 3 is 2.50 bits per heavy atom. The maximum Gasteiger partial charge on any atom is 0.293 e. The van der Waals surface area contributed by atoms with E-state index in [-0.39, 0.29) is 17.8 Å². The number of aryl methyl sites for hydroxylation is 1. The van der Waals surface area contributed by atoms with E-state index < -0.39 is 16.6 Å². The Morgan fingerprint density at radius 2 is 2.00 bits per heavy atom. The lowest BCUT2D eigenvalue weighted by atomic mass is 10.1. The Balaban J connectivity index is 3.05.